The van der Waals surface area contributed by atoms with E-state index in [2.05, 4.69) is 23.1 Å². The lowest BCUT2D eigenvalue weighted by Crippen LogP contribution is -2.38. The summed E-state index contributed by atoms with van der Waals surface area (Å²) in [7, 11) is 3.38. The standard InChI is InChI=1S/C18H22N4O2/c1-13-4-7-19-11-16(13)14-5-8-22(9-6-14)18(23)17(24-3)15-10-20-21(2)12-15/h4-5,7,10-12,17H,6,8-9H2,1-3H3. The number of hydrogen-bond acceptors (Lipinski definition) is 4. The summed E-state index contributed by atoms with van der Waals surface area (Å²) in [5.41, 5.74) is 4.41. The van der Waals surface area contributed by atoms with Crippen LogP contribution in [0.3, 0.4) is 0 Å². The minimum absolute atomic E-state index is 0.0243. The molecule has 2 aromatic rings. The number of hydrogen-bond donors (Lipinski definition) is 0. The topological polar surface area (TPSA) is 60.2 Å². The largest absolute Gasteiger partial charge is 0.367 e. The minimum atomic E-state index is -0.603. The van der Waals surface area contributed by atoms with E-state index in [0.29, 0.717) is 13.1 Å². The molecular weight excluding hydrogens is 304 g/mol. The maximum atomic E-state index is 12.8. The Balaban J connectivity index is 1.73. The number of rotatable bonds is 4. The van der Waals surface area contributed by atoms with Crippen LogP contribution in [0, 0.1) is 6.92 Å². The Labute approximate surface area is 141 Å². The van der Waals surface area contributed by atoms with E-state index in [1.807, 2.05) is 30.4 Å². The van der Waals surface area contributed by atoms with Crippen LogP contribution in [0.15, 0.2) is 36.9 Å². The molecular formula is C18H22N4O2. The number of carbonyl (C=O) groups is 1. The summed E-state index contributed by atoms with van der Waals surface area (Å²) in [5, 5.41) is 4.12. The van der Waals surface area contributed by atoms with Gasteiger partial charge in [-0.05, 0) is 36.1 Å². The summed E-state index contributed by atoms with van der Waals surface area (Å²) in [6, 6.07) is 2.01. The second-order valence-electron chi connectivity index (χ2n) is 6.02. The Morgan fingerprint density at radius 2 is 2.21 bits per heavy atom. The third kappa shape index (κ3) is 3.23. The van der Waals surface area contributed by atoms with Gasteiger partial charge in [0.2, 0.25) is 0 Å². The van der Waals surface area contributed by atoms with Crippen molar-refractivity contribution < 1.29 is 9.53 Å². The van der Waals surface area contributed by atoms with Crippen molar-refractivity contribution >= 4 is 11.5 Å². The second-order valence-corrected chi connectivity index (χ2v) is 6.02. The first kappa shape index (κ1) is 16.4. The molecule has 3 heterocycles. The summed E-state index contributed by atoms with van der Waals surface area (Å²) in [6.07, 6.45) is 9.52. The first-order chi connectivity index (χ1) is 11.6. The number of carbonyl (C=O) groups excluding carboxylic acids is 1. The van der Waals surface area contributed by atoms with Gasteiger partial charge in [-0.25, -0.2) is 0 Å². The van der Waals surface area contributed by atoms with Gasteiger partial charge >= 0.3 is 0 Å². The van der Waals surface area contributed by atoms with Gasteiger partial charge in [-0.2, -0.15) is 5.10 Å². The van der Waals surface area contributed by atoms with E-state index in [4.69, 9.17) is 4.74 Å². The first-order valence-electron chi connectivity index (χ1n) is 8.00. The predicted molar refractivity (Wildman–Crippen MR) is 91.1 cm³/mol. The molecule has 1 aliphatic rings. The van der Waals surface area contributed by atoms with Crippen LogP contribution in [0.1, 0.15) is 29.2 Å². The number of nitrogens with zero attached hydrogens (tertiary/aromatic N) is 4. The fraction of sp³-hybridized carbons (Fsp3) is 0.389. The van der Waals surface area contributed by atoms with Crippen molar-refractivity contribution in [2.24, 2.45) is 7.05 Å². The number of aromatic nitrogens is 3. The van der Waals surface area contributed by atoms with Crippen molar-refractivity contribution in [1.29, 1.82) is 0 Å². The predicted octanol–water partition coefficient (Wildman–Crippen LogP) is 2.13. The van der Waals surface area contributed by atoms with Gasteiger partial charge in [-0.3, -0.25) is 14.5 Å². The molecule has 126 valence electrons. The van der Waals surface area contributed by atoms with Crippen LogP contribution in [0.25, 0.3) is 5.57 Å². The second kappa shape index (κ2) is 6.97. The van der Waals surface area contributed by atoms with Crippen LogP contribution in [0.4, 0.5) is 0 Å². The number of ether oxygens (including phenoxy) is 1. The number of pyridine rings is 1. The molecule has 0 saturated carbocycles. The molecule has 0 spiro atoms. The Morgan fingerprint density at radius 3 is 2.79 bits per heavy atom. The fourth-order valence-electron chi connectivity index (χ4n) is 3.03. The molecule has 1 amide bonds. The molecule has 6 nitrogen and oxygen atoms in total. The van der Waals surface area contributed by atoms with E-state index < -0.39 is 6.10 Å². The normalized spacial score (nSPS) is 16.0. The smallest absolute Gasteiger partial charge is 0.256 e. The van der Waals surface area contributed by atoms with Crippen molar-refractivity contribution in [1.82, 2.24) is 19.7 Å². The average molecular weight is 326 g/mol. The van der Waals surface area contributed by atoms with Crippen LogP contribution in [0.5, 0.6) is 0 Å². The van der Waals surface area contributed by atoms with Crippen molar-refractivity contribution in [3.8, 4) is 0 Å². The Bertz CT molecular complexity index is 766. The molecule has 1 atom stereocenters. The molecule has 2 aromatic heterocycles. The van der Waals surface area contributed by atoms with Crippen LogP contribution in [-0.2, 0) is 16.6 Å². The lowest BCUT2D eigenvalue weighted by molar-refractivity contribution is -0.142. The van der Waals surface area contributed by atoms with Crippen molar-refractivity contribution in [2.45, 2.75) is 19.4 Å². The van der Waals surface area contributed by atoms with Crippen molar-refractivity contribution in [3.63, 3.8) is 0 Å². The zero-order chi connectivity index (χ0) is 17.1. The van der Waals surface area contributed by atoms with Crippen LogP contribution >= 0.6 is 0 Å². The first-order valence-corrected chi connectivity index (χ1v) is 8.00. The van der Waals surface area contributed by atoms with Gasteiger partial charge in [0.1, 0.15) is 0 Å². The molecule has 6 heteroatoms. The molecule has 1 unspecified atom stereocenters. The molecule has 0 radical (unpaired) electrons. The molecule has 0 aliphatic carbocycles. The maximum Gasteiger partial charge on any atom is 0.256 e. The van der Waals surface area contributed by atoms with Gasteiger partial charge in [0.25, 0.3) is 5.91 Å². The molecule has 3 rings (SSSR count). The van der Waals surface area contributed by atoms with Gasteiger partial charge in [0.15, 0.2) is 6.10 Å². The van der Waals surface area contributed by atoms with E-state index in [-0.39, 0.29) is 5.91 Å². The molecule has 0 bridgehead atoms. The van der Waals surface area contributed by atoms with E-state index in [1.165, 1.54) is 16.7 Å². The highest BCUT2D eigenvalue weighted by Gasteiger charge is 2.28. The molecule has 0 fully saturated rings. The van der Waals surface area contributed by atoms with Gasteiger partial charge in [-0.1, -0.05) is 6.08 Å². The molecule has 0 saturated heterocycles. The number of aryl methyl sites for hydroxylation is 2. The van der Waals surface area contributed by atoms with E-state index in [0.717, 1.165) is 12.0 Å². The Hall–Kier alpha value is -2.47. The molecule has 0 N–H and O–H groups in total. The highest BCUT2D eigenvalue weighted by molar-refractivity contribution is 5.83. The number of methoxy groups -OCH3 is 1. The van der Waals surface area contributed by atoms with Crippen molar-refractivity contribution in [2.75, 3.05) is 20.2 Å². The van der Waals surface area contributed by atoms with Gasteiger partial charge in [0.05, 0.1) is 6.20 Å². The number of amides is 1. The lowest BCUT2D eigenvalue weighted by Gasteiger charge is -2.29. The van der Waals surface area contributed by atoms with E-state index in [9.17, 15) is 4.79 Å². The van der Waals surface area contributed by atoms with Crippen LogP contribution < -0.4 is 0 Å². The third-order valence-electron chi connectivity index (χ3n) is 4.39. The van der Waals surface area contributed by atoms with Gasteiger partial charge in [0, 0.05) is 51.4 Å². The minimum Gasteiger partial charge on any atom is -0.367 e. The zero-order valence-electron chi connectivity index (χ0n) is 14.3. The van der Waals surface area contributed by atoms with Crippen LogP contribution in [0.2, 0.25) is 0 Å². The van der Waals surface area contributed by atoms with E-state index >= 15 is 0 Å². The summed E-state index contributed by atoms with van der Waals surface area (Å²) in [5.74, 6) is -0.0243. The maximum absolute atomic E-state index is 12.8. The highest BCUT2D eigenvalue weighted by Crippen LogP contribution is 2.26. The average Bonchev–Trinajstić information content (AvgIpc) is 3.02. The summed E-state index contributed by atoms with van der Waals surface area (Å²) in [6.45, 7) is 3.35. The monoisotopic (exact) mass is 326 g/mol. The third-order valence-corrected chi connectivity index (χ3v) is 4.39. The SMILES string of the molecule is COC(C(=O)N1CC=C(c2cnccc2C)CC1)c1cnn(C)c1. The zero-order valence-corrected chi connectivity index (χ0v) is 14.3. The summed E-state index contributed by atoms with van der Waals surface area (Å²) < 4.78 is 7.09. The Kier molecular flexibility index (Phi) is 4.76. The van der Waals surface area contributed by atoms with Gasteiger partial charge in [-0.15, -0.1) is 0 Å². The molecule has 1 aliphatic heterocycles. The Morgan fingerprint density at radius 1 is 1.38 bits per heavy atom. The van der Waals surface area contributed by atoms with Gasteiger partial charge < -0.3 is 9.64 Å². The van der Waals surface area contributed by atoms with E-state index in [1.54, 1.807) is 24.2 Å². The lowest BCUT2D eigenvalue weighted by atomic mass is 9.97. The quantitative estimate of drug-likeness (QED) is 0.863. The fourth-order valence-corrected chi connectivity index (χ4v) is 3.03. The molecule has 0 aromatic carbocycles. The molecule has 24 heavy (non-hydrogen) atoms. The highest BCUT2D eigenvalue weighted by atomic mass is 16.5. The van der Waals surface area contributed by atoms with Crippen molar-refractivity contribution in [3.05, 3.63) is 53.6 Å². The van der Waals surface area contributed by atoms with Crippen LogP contribution in [-0.4, -0.2) is 45.8 Å². The summed E-state index contributed by atoms with van der Waals surface area (Å²) in [4.78, 5) is 18.8. The summed E-state index contributed by atoms with van der Waals surface area (Å²) >= 11 is 0.